The van der Waals surface area contributed by atoms with Gasteiger partial charge in [-0.25, -0.2) is 4.79 Å². The van der Waals surface area contributed by atoms with Crippen molar-refractivity contribution in [2.24, 2.45) is 5.73 Å². The molecule has 1 unspecified atom stereocenters. The molecule has 0 saturated carbocycles. The van der Waals surface area contributed by atoms with Crippen LogP contribution in [0.1, 0.15) is 18.5 Å². The summed E-state index contributed by atoms with van der Waals surface area (Å²) in [7, 11) is 0. The van der Waals surface area contributed by atoms with Crippen molar-refractivity contribution in [3.05, 3.63) is 28.5 Å². The van der Waals surface area contributed by atoms with Crippen molar-refractivity contribution in [3.63, 3.8) is 0 Å². The van der Waals surface area contributed by atoms with Gasteiger partial charge >= 0.3 is 6.03 Å². The first-order chi connectivity index (χ1) is 6.09. The molecule has 13 heavy (non-hydrogen) atoms. The lowest BCUT2D eigenvalue weighted by atomic mass is 10.1. The fourth-order valence-corrected chi connectivity index (χ4v) is 1.34. The number of hydrogen-bond donors (Lipinski definition) is 2. The van der Waals surface area contributed by atoms with E-state index in [1.54, 1.807) is 12.4 Å². The van der Waals surface area contributed by atoms with Gasteiger partial charge in [0.25, 0.3) is 0 Å². The fraction of sp³-hybridized carbons (Fsp3) is 0.250. The van der Waals surface area contributed by atoms with Gasteiger partial charge < -0.3 is 11.1 Å². The van der Waals surface area contributed by atoms with Crippen molar-refractivity contribution in [1.29, 1.82) is 0 Å². The number of aromatic nitrogens is 1. The van der Waals surface area contributed by atoms with E-state index in [1.807, 2.05) is 13.0 Å². The topological polar surface area (TPSA) is 68.0 Å². The highest BCUT2D eigenvalue weighted by atomic mass is 79.9. The number of urea groups is 1. The zero-order chi connectivity index (χ0) is 9.84. The van der Waals surface area contributed by atoms with Gasteiger partial charge in [0.2, 0.25) is 0 Å². The van der Waals surface area contributed by atoms with Gasteiger partial charge in [0.1, 0.15) is 0 Å². The second kappa shape index (κ2) is 4.23. The first-order valence-corrected chi connectivity index (χ1v) is 4.55. The first kappa shape index (κ1) is 9.98. The van der Waals surface area contributed by atoms with Gasteiger partial charge in [0.15, 0.2) is 0 Å². The van der Waals surface area contributed by atoms with Gasteiger partial charge in [-0.1, -0.05) is 0 Å². The molecule has 0 radical (unpaired) electrons. The minimum Gasteiger partial charge on any atom is -0.352 e. The van der Waals surface area contributed by atoms with Crippen LogP contribution in [0.5, 0.6) is 0 Å². The predicted octanol–water partition coefficient (Wildman–Crippen LogP) is 1.57. The Morgan fingerprint density at radius 2 is 2.38 bits per heavy atom. The third kappa shape index (κ3) is 3.02. The molecule has 70 valence electrons. The SMILES string of the molecule is CC(NC(N)=O)c1cncc(Br)c1. The standard InChI is InChI=1S/C8H10BrN3O/c1-5(12-8(10)13)6-2-7(9)4-11-3-6/h2-5H,1H3,(H3,10,12,13). The quantitative estimate of drug-likeness (QED) is 0.829. The van der Waals surface area contributed by atoms with Gasteiger partial charge in [0, 0.05) is 16.9 Å². The van der Waals surface area contributed by atoms with Crippen LogP contribution in [0.2, 0.25) is 0 Å². The molecule has 0 spiro atoms. The van der Waals surface area contributed by atoms with E-state index in [0.29, 0.717) is 0 Å². The van der Waals surface area contributed by atoms with Gasteiger partial charge in [-0.15, -0.1) is 0 Å². The zero-order valence-electron chi connectivity index (χ0n) is 7.12. The number of carbonyl (C=O) groups is 1. The number of carbonyl (C=O) groups excluding carboxylic acids is 1. The molecule has 0 bridgehead atoms. The van der Waals surface area contributed by atoms with Crippen LogP contribution in [0.4, 0.5) is 4.79 Å². The van der Waals surface area contributed by atoms with Gasteiger partial charge in [-0.3, -0.25) is 4.98 Å². The Balaban J connectivity index is 2.76. The van der Waals surface area contributed by atoms with Crippen LogP contribution in [0.3, 0.4) is 0 Å². The minimum atomic E-state index is -0.535. The summed E-state index contributed by atoms with van der Waals surface area (Å²) in [5, 5.41) is 2.56. The number of nitrogens with zero attached hydrogens (tertiary/aromatic N) is 1. The van der Waals surface area contributed by atoms with Crippen molar-refractivity contribution in [1.82, 2.24) is 10.3 Å². The third-order valence-electron chi connectivity index (χ3n) is 1.58. The van der Waals surface area contributed by atoms with Crippen molar-refractivity contribution in [2.75, 3.05) is 0 Å². The number of amides is 2. The fourth-order valence-electron chi connectivity index (χ4n) is 0.962. The van der Waals surface area contributed by atoms with E-state index in [1.165, 1.54) is 0 Å². The van der Waals surface area contributed by atoms with Crippen LogP contribution in [0.15, 0.2) is 22.9 Å². The Morgan fingerprint density at radius 1 is 1.69 bits per heavy atom. The van der Waals surface area contributed by atoms with E-state index in [4.69, 9.17) is 5.73 Å². The Hall–Kier alpha value is -1.10. The molecule has 0 fully saturated rings. The highest BCUT2D eigenvalue weighted by Crippen LogP contribution is 2.15. The molecule has 1 rings (SSSR count). The number of primary amides is 1. The first-order valence-electron chi connectivity index (χ1n) is 3.76. The average molecular weight is 244 g/mol. The Morgan fingerprint density at radius 3 is 2.92 bits per heavy atom. The largest absolute Gasteiger partial charge is 0.352 e. The summed E-state index contributed by atoms with van der Waals surface area (Å²) >= 11 is 3.29. The van der Waals surface area contributed by atoms with Crippen molar-refractivity contribution >= 4 is 22.0 Å². The summed E-state index contributed by atoms with van der Waals surface area (Å²) < 4.78 is 0.878. The zero-order valence-corrected chi connectivity index (χ0v) is 8.71. The molecule has 1 heterocycles. The maximum Gasteiger partial charge on any atom is 0.312 e. The van der Waals surface area contributed by atoms with Crippen LogP contribution in [0, 0.1) is 0 Å². The van der Waals surface area contributed by atoms with Crippen LogP contribution < -0.4 is 11.1 Å². The maximum absolute atomic E-state index is 10.5. The molecule has 0 saturated heterocycles. The second-order valence-electron chi connectivity index (χ2n) is 2.67. The molecule has 5 heteroatoms. The molecular weight excluding hydrogens is 234 g/mol. The molecule has 0 aliphatic heterocycles. The number of pyridine rings is 1. The van der Waals surface area contributed by atoms with Crippen molar-refractivity contribution in [2.45, 2.75) is 13.0 Å². The number of halogens is 1. The van der Waals surface area contributed by atoms with Gasteiger partial charge in [0.05, 0.1) is 6.04 Å². The van der Waals surface area contributed by atoms with E-state index in [-0.39, 0.29) is 6.04 Å². The Labute approximate surface area is 84.7 Å². The molecule has 1 aromatic rings. The maximum atomic E-state index is 10.5. The number of nitrogens with two attached hydrogens (primary N) is 1. The Bertz CT molecular complexity index is 316. The van der Waals surface area contributed by atoms with E-state index in [0.717, 1.165) is 10.0 Å². The lowest BCUT2D eigenvalue weighted by Crippen LogP contribution is -2.31. The summed E-state index contributed by atoms with van der Waals surface area (Å²) in [5.74, 6) is 0. The third-order valence-corrected chi connectivity index (χ3v) is 2.02. The number of nitrogens with one attached hydrogen (secondary N) is 1. The number of rotatable bonds is 2. The van der Waals surface area contributed by atoms with E-state index < -0.39 is 6.03 Å². The monoisotopic (exact) mass is 243 g/mol. The van der Waals surface area contributed by atoms with Crippen molar-refractivity contribution < 1.29 is 4.79 Å². The minimum absolute atomic E-state index is 0.123. The van der Waals surface area contributed by atoms with Crippen LogP contribution in [-0.4, -0.2) is 11.0 Å². The molecule has 2 amide bonds. The highest BCUT2D eigenvalue weighted by molar-refractivity contribution is 9.10. The summed E-state index contributed by atoms with van der Waals surface area (Å²) in [5.41, 5.74) is 5.90. The smallest absolute Gasteiger partial charge is 0.312 e. The Kier molecular flexibility index (Phi) is 3.25. The molecule has 0 aromatic carbocycles. The lowest BCUT2D eigenvalue weighted by molar-refractivity contribution is 0.246. The molecular formula is C8H10BrN3O. The molecule has 3 N–H and O–H groups in total. The van der Waals surface area contributed by atoms with Gasteiger partial charge in [-0.05, 0) is 34.5 Å². The second-order valence-corrected chi connectivity index (χ2v) is 3.58. The summed E-state index contributed by atoms with van der Waals surface area (Å²) in [6.45, 7) is 1.84. The molecule has 0 aliphatic rings. The van der Waals surface area contributed by atoms with E-state index >= 15 is 0 Å². The molecule has 4 nitrogen and oxygen atoms in total. The summed E-state index contributed by atoms with van der Waals surface area (Å²) in [6.07, 6.45) is 3.37. The lowest BCUT2D eigenvalue weighted by Gasteiger charge is -2.11. The molecule has 1 atom stereocenters. The van der Waals surface area contributed by atoms with Crippen LogP contribution in [-0.2, 0) is 0 Å². The normalized spacial score (nSPS) is 12.2. The number of hydrogen-bond acceptors (Lipinski definition) is 2. The van der Waals surface area contributed by atoms with Crippen LogP contribution >= 0.6 is 15.9 Å². The summed E-state index contributed by atoms with van der Waals surface area (Å²) in [4.78, 5) is 14.5. The predicted molar refractivity (Wildman–Crippen MR) is 53.1 cm³/mol. The van der Waals surface area contributed by atoms with Gasteiger partial charge in [-0.2, -0.15) is 0 Å². The van der Waals surface area contributed by atoms with Crippen molar-refractivity contribution in [3.8, 4) is 0 Å². The summed E-state index contributed by atoms with van der Waals surface area (Å²) in [6, 6.07) is 1.23. The van der Waals surface area contributed by atoms with Crippen LogP contribution in [0.25, 0.3) is 0 Å². The molecule has 0 aliphatic carbocycles. The van der Waals surface area contributed by atoms with E-state index in [9.17, 15) is 4.79 Å². The average Bonchev–Trinajstić information content (AvgIpc) is 2.03. The van der Waals surface area contributed by atoms with E-state index in [2.05, 4.69) is 26.2 Å². The molecule has 1 aromatic heterocycles. The highest BCUT2D eigenvalue weighted by Gasteiger charge is 2.06.